The summed E-state index contributed by atoms with van der Waals surface area (Å²) < 4.78 is 45.1. The normalized spacial score (nSPS) is 13.2. The van der Waals surface area contributed by atoms with Gasteiger partial charge in [0, 0.05) is 6.08 Å². The highest BCUT2D eigenvalue weighted by molar-refractivity contribution is 5.96. The molecule has 138 valence electrons. The molecule has 1 amide bonds. The van der Waals surface area contributed by atoms with Crippen LogP contribution in [-0.2, 0) is 4.79 Å². The fourth-order valence-corrected chi connectivity index (χ4v) is 2.55. The van der Waals surface area contributed by atoms with Crippen molar-refractivity contribution in [3.63, 3.8) is 0 Å². The first-order chi connectivity index (χ1) is 12.3. The van der Waals surface area contributed by atoms with E-state index in [2.05, 4.69) is 5.32 Å². The van der Waals surface area contributed by atoms with Crippen molar-refractivity contribution in [1.82, 2.24) is 5.32 Å². The monoisotopic (exact) mass is 363 g/mol. The summed E-state index contributed by atoms with van der Waals surface area (Å²) in [6.45, 7) is 1.85. The molecule has 2 aromatic carbocycles. The minimum atomic E-state index is -4.62. The van der Waals surface area contributed by atoms with E-state index in [1.807, 2.05) is 6.92 Å². The summed E-state index contributed by atoms with van der Waals surface area (Å²) in [5, 5.41) is 2.64. The third-order valence-electron chi connectivity index (χ3n) is 3.91. The Labute approximate surface area is 150 Å². The fourth-order valence-electron chi connectivity index (χ4n) is 2.55. The number of methoxy groups -OCH3 is 1. The molecular formula is C20H20F3NO2. The molecule has 0 aliphatic rings. The number of carbonyl (C=O) groups excluding carboxylic acids is 1. The highest BCUT2D eigenvalue weighted by atomic mass is 19.4. The molecule has 0 fully saturated rings. The average Bonchev–Trinajstić information content (AvgIpc) is 2.64. The second-order valence-electron chi connectivity index (χ2n) is 5.66. The molecule has 0 heterocycles. The van der Waals surface area contributed by atoms with E-state index >= 15 is 0 Å². The molecule has 6 heteroatoms. The van der Waals surface area contributed by atoms with Crippen LogP contribution in [-0.4, -0.2) is 19.2 Å². The zero-order valence-electron chi connectivity index (χ0n) is 14.5. The molecule has 26 heavy (non-hydrogen) atoms. The van der Waals surface area contributed by atoms with Crippen LogP contribution in [0.1, 0.15) is 30.5 Å². The van der Waals surface area contributed by atoms with E-state index in [1.54, 1.807) is 37.4 Å². The molecule has 2 rings (SSSR count). The van der Waals surface area contributed by atoms with Gasteiger partial charge in [0.05, 0.1) is 18.7 Å². The summed E-state index contributed by atoms with van der Waals surface area (Å²) in [6, 6.07) is 13.9. The van der Waals surface area contributed by atoms with Gasteiger partial charge in [0.25, 0.3) is 0 Å². The van der Waals surface area contributed by atoms with Gasteiger partial charge in [0.15, 0.2) is 0 Å². The molecule has 0 bridgehead atoms. The molecule has 2 aromatic rings. The smallest absolute Gasteiger partial charge is 0.417 e. The van der Waals surface area contributed by atoms with Crippen LogP contribution in [0.15, 0.2) is 60.7 Å². The van der Waals surface area contributed by atoms with Crippen molar-refractivity contribution in [2.75, 3.05) is 7.11 Å². The van der Waals surface area contributed by atoms with Gasteiger partial charge in [-0.1, -0.05) is 49.4 Å². The number of ether oxygens (including phenoxy) is 1. The lowest BCUT2D eigenvalue weighted by Crippen LogP contribution is -2.27. The molecule has 0 radical (unpaired) electrons. The Bertz CT molecular complexity index is 753. The Kier molecular flexibility index (Phi) is 6.44. The molecule has 0 saturated heterocycles. The Balaban J connectivity index is 2.23. The number of hydrogen-bond acceptors (Lipinski definition) is 2. The van der Waals surface area contributed by atoms with Crippen molar-refractivity contribution in [3.05, 3.63) is 71.8 Å². The zero-order chi connectivity index (χ0) is 19.2. The van der Waals surface area contributed by atoms with Gasteiger partial charge >= 0.3 is 6.18 Å². The van der Waals surface area contributed by atoms with Crippen LogP contribution in [0.4, 0.5) is 13.2 Å². The number of benzene rings is 2. The van der Waals surface area contributed by atoms with Gasteiger partial charge in [-0.2, -0.15) is 13.2 Å². The van der Waals surface area contributed by atoms with E-state index in [4.69, 9.17) is 4.74 Å². The lowest BCUT2D eigenvalue weighted by Gasteiger charge is -2.18. The maximum absolute atomic E-state index is 13.3. The van der Waals surface area contributed by atoms with E-state index in [9.17, 15) is 18.0 Å². The third-order valence-corrected chi connectivity index (χ3v) is 3.91. The van der Waals surface area contributed by atoms with E-state index < -0.39 is 23.7 Å². The van der Waals surface area contributed by atoms with Crippen molar-refractivity contribution < 1.29 is 22.7 Å². The van der Waals surface area contributed by atoms with E-state index in [0.29, 0.717) is 18.2 Å². The molecule has 0 saturated carbocycles. The number of halogens is 3. The average molecular weight is 363 g/mol. The summed E-state index contributed by atoms with van der Waals surface area (Å²) in [4.78, 5) is 12.2. The second kappa shape index (κ2) is 8.56. The molecule has 0 aromatic heterocycles. The fraction of sp³-hybridized carbons (Fsp3) is 0.250. The summed E-state index contributed by atoms with van der Waals surface area (Å²) in [6.07, 6.45) is -3.47. The first kappa shape index (κ1) is 19.6. The van der Waals surface area contributed by atoms with Crippen molar-refractivity contribution in [2.45, 2.75) is 25.6 Å². The molecule has 0 aliphatic carbocycles. The van der Waals surface area contributed by atoms with Crippen LogP contribution in [0.3, 0.4) is 0 Å². The summed E-state index contributed by atoms with van der Waals surface area (Å²) in [5.74, 6) is -0.123. The van der Waals surface area contributed by atoms with Gasteiger partial charge in [-0.15, -0.1) is 0 Å². The Morgan fingerprint density at radius 1 is 1.12 bits per heavy atom. The van der Waals surface area contributed by atoms with Gasteiger partial charge in [0.2, 0.25) is 5.91 Å². The van der Waals surface area contributed by atoms with Crippen LogP contribution in [0, 0.1) is 0 Å². The standard InChI is InChI=1S/C20H20F3NO2/c1-3-18(15-9-11-16(26-2)12-10-15)24-19(25)13-17(20(21,22)23)14-7-5-4-6-8-14/h4-13,18H,3H2,1-2H3,(H,24,25)/b17-13-. The molecule has 0 spiro atoms. The van der Waals surface area contributed by atoms with E-state index in [1.165, 1.54) is 24.3 Å². The Hall–Kier alpha value is -2.76. The first-order valence-electron chi connectivity index (χ1n) is 8.14. The quantitative estimate of drug-likeness (QED) is 0.741. The predicted molar refractivity (Wildman–Crippen MR) is 94.6 cm³/mol. The predicted octanol–water partition coefficient (Wildman–Crippen LogP) is 4.91. The molecule has 1 N–H and O–H groups in total. The number of hydrogen-bond donors (Lipinski definition) is 1. The summed E-state index contributed by atoms with van der Waals surface area (Å²) >= 11 is 0. The van der Waals surface area contributed by atoms with Crippen LogP contribution in [0.2, 0.25) is 0 Å². The second-order valence-corrected chi connectivity index (χ2v) is 5.66. The number of carbonyl (C=O) groups is 1. The number of nitrogens with one attached hydrogen (secondary N) is 1. The van der Waals surface area contributed by atoms with E-state index in [-0.39, 0.29) is 5.56 Å². The number of alkyl halides is 3. The summed E-state index contributed by atoms with van der Waals surface area (Å²) in [5.41, 5.74) is -0.226. The van der Waals surface area contributed by atoms with Gasteiger partial charge in [0.1, 0.15) is 5.75 Å². The first-order valence-corrected chi connectivity index (χ1v) is 8.14. The largest absolute Gasteiger partial charge is 0.497 e. The topological polar surface area (TPSA) is 38.3 Å². The SMILES string of the molecule is CCC(NC(=O)/C=C(/c1ccccc1)C(F)(F)F)c1ccc(OC)cc1. The highest BCUT2D eigenvalue weighted by Crippen LogP contribution is 2.33. The lowest BCUT2D eigenvalue weighted by molar-refractivity contribution is -0.117. The van der Waals surface area contributed by atoms with Crippen molar-refractivity contribution in [1.29, 1.82) is 0 Å². The van der Waals surface area contributed by atoms with Crippen LogP contribution < -0.4 is 10.1 Å². The number of amides is 1. The molecule has 1 unspecified atom stereocenters. The van der Waals surface area contributed by atoms with E-state index in [0.717, 1.165) is 5.56 Å². The molecule has 0 aliphatic heterocycles. The van der Waals surface area contributed by atoms with Crippen LogP contribution in [0.25, 0.3) is 5.57 Å². The minimum Gasteiger partial charge on any atom is -0.497 e. The van der Waals surface area contributed by atoms with Crippen molar-refractivity contribution in [3.8, 4) is 5.75 Å². The minimum absolute atomic E-state index is 0.0485. The Morgan fingerprint density at radius 3 is 2.23 bits per heavy atom. The number of allylic oxidation sites excluding steroid dienone is 1. The maximum Gasteiger partial charge on any atom is 0.417 e. The van der Waals surface area contributed by atoms with Gasteiger partial charge in [-0.05, 0) is 29.7 Å². The summed E-state index contributed by atoms with van der Waals surface area (Å²) in [7, 11) is 1.54. The lowest BCUT2D eigenvalue weighted by atomic mass is 10.0. The molecule has 3 nitrogen and oxygen atoms in total. The van der Waals surface area contributed by atoms with Gasteiger partial charge < -0.3 is 10.1 Å². The van der Waals surface area contributed by atoms with Crippen LogP contribution in [0.5, 0.6) is 5.75 Å². The number of rotatable bonds is 6. The highest BCUT2D eigenvalue weighted by Gasteiger charge is 2.35. The maximum atomic E-state index is 13.3. The third kappa shape index (κ3) is 5.12. The van der Waals surface area contributed by atoms with Gasteiger partial charge in [-0.3, -0.25) is 4.79 Å². The van der Waals surface area contributed by atoms with Crippen molar-refractivity contribution in [2.24, 2.45) is 0 Å². The Morgan fingerprint density at radius 2 is 1.73 bits per heavy atom. The van der Waals surface area contributed by atoms with Crippen LogP contribution >= 0.6 is 0 Å². The molecule has 1 atom stereocenters. The van der Waals surface area contributed by atoms with Gasteiger partial charge in [-0.25, -0.2) is 0 Å². The zero-order valence-corrected chi connectivity index (χ0v) is 14.5. The molecular weight excluding hydrogens is 343 g/mol. The van der Waals surface area contributed by atoms with Crippen molar-refractivity contribution >= 4 is 11.5 Å².